The standard InChI is InChI=1S/C15H20N4O2/c1-10(2)12-9-14(21-17-12)13-5-4-7-19(13)15(20)11-6-8-18(3)16-11/h6,8-10,13H,4-5,7H2,1-3H3. The highest BCUT2D eigenvalue weighted by atomic mass is 16.5. The second kappa shape index (κ2) is 5.35. The minimum atomic E-state index is -0.0411. The molecule has 2 aromatic rings. The average Bonchev–Trinajstić information content (AvgIpc) is 3.17. The van der Waals surface area contributed by atoms with Gasteiger partial charge in [-0.1, -0.05) is 19.0 Å². The second-order valence-corrected chi connectivity index (χ2v) is 5.84. The summed E-state index contributed by atoms with van der Waals surface area (Å²) in [5.41, 5.74) is 1.41. The van der Waals surface area contributed by atoms with E-state index in [2.05, 4.69) is 24.1 Å². The maximum Gasteiger partial charge on any atom is 0.274 e. The van der Waals surface area contributed by atoms with E-state index in [9.17, 15) is 4.79 Å². The lowest BCUT2D eigenvalue weighted by molar-refractivity contribution is 0.0707. The summed E-state index contributed by atoms with van der Waals surface area (Å²) in [7, 11) is 1.81. The van der Waals surface area contributed by atoms with Gasteiger partial charge >= 0.3 is 0 Å². The van der Waals surface area contributed by atoms with Gasteiger partial charge in [-0.2, -0.15) is 5.10 Å². The van der Waals surface area contributed by atoms with Crippen LogP contribution < -0.4 is 0 Å². The monoisotopic (exact) mass is 288 g/mol. The number of aromatic nitrogens is 3. The van der Waals surface area contributed by atoms with Crippen LogP contribution in [-0.2, 0) is 7.05 Å². The molecule has 2 aromatic heterocycles. The topological polar surface area (TPSA) is 64.2 Å². The normalized spacial score (nSPS) is 18.7. The molecule has 21 heavy (non-hydrogen) atoms. The highest BCUT2D eigenvalue weighted by Gasteiger charge is 2.34. The zero-order valence-corrected chi connectivity index (χ0v) is 12.6. The van der Waals surface area contributed by atoms with Crippen molar-refractivity contribution in [3.63, 3.8) is 0 Å². The van der Waals surface area contributed by atoms with Crippen LogP contribution in [0.4, 0.5) is 0 Å². The first-order valence-corrected chi connectivity index (χ1v) is 7.33. The highest BCUT2D eigenvalue weighted by molar-refractivity contribution is 5.92. The Hall–Kier alpha value is -2.11. The Kier molecular flexibility index (Phi) is 3.53. The van der Waals surface area contributed by atoms with Gasteiger partial charge in [0.25, 0.3) is 5.91 Å². The van der Waals surface area contributed by atoms with Crippen molar-refractivity contribution in [2.75, 3.05) is 6.54 Å². The van der Waals surface area contributed by atoms with Gasteiger partial charge in [0, 0.05) is 25.9 Å². The van der Waals surface area contributed by atoms with E-state index >= 15 is 0 Å². The Labute approximate surface area is 123 Å². The molecule has 6 heteroatoms. The van der Waals surface area contributed by atoms with E-state index in [1.807, 2.05) is 18.0 Å². The van der Waals surface area contributed by atoms with Crippen LogP contribution in [0.15, 0.2) is 22.9 Å². The zero-order chi connectivity index (χ0) is 15.0. The maximum absolute atomic E-state index is 12.6. The minimum absolute atomic E-state index is 0.0282. The van der Waals surface area contributed by atoms with E-state index in [1.54, 1.807) is 16.9 Å². The number of hydrogen-bond acceptors (Lipinski definition) is 4. The van der Waals surface area contributed by atoms with Gasteiger partial charge < -0.3 is 9.42 Å². The van der Waals surface area contributed by atoms with E-state index in [-0.39, 0.29) is 11.9 Å². The molecule has 3 rings (SSSR count). The van der Waals surface area contributed by atoms with Crippen molar-refractivity contribution < 1.29 is 9.32 Å². The maximum atomic E-state index is 12.6. The summed E-state index contributed by atoms with van der Waals surface area (Å²) in [6, 6.07) is 3.69. The summed E-state index contributed by atoms with van der Waals surface area (Å²) in [6.45, 7) is 4.89. The number of carbonyl (C=O) groups excluding carboxylic acids is 1. The third kappa shape index (κ3) is 2.57. The fraction of sp³-hybridized carbons (Fsp3) is 0.533. The van der Waals surface area contributed by atoms with Gasteiger partial charge in [0.05, 0.1) is 11.7 Å². The molecule has 3 heterocycles. The van der Waals surface area contributed by atoms with Crippen LogP contribution in [0.1, 0.15) is 60.6 Å². The number of aryl methyl sites for hydroxylation is 1. The fourth-order valence-electron chi connectivity index (χ4n) is 2.71. The second-order valence-electron chi connectivity index (χ2n) is 5.84. The van der Waals surface area contributed by atoms with Crippen LogP contribution in [0.5, 0.6) is 0 Å². The Bertz CT molecular complexity index is 644. The van der Waals surface area contributed by atoms with Gasteiger partial charge in [0.1, 0.15) is 5.69 Å². The Morgan fingerprint density at radius 1 is 1.48 bits per heavy atom. The van der Waals surface area contributed by atoms with Crippen molar-refractivity contribution in [3.8, 4) is 0 Å². The summed E-state index contributed by atoms with van der Waals surface area (Å²) in [6.07, 6.45) is 3.66. The van der Waals surface area contributed by atoms with Crippen LogP contribution in [0.25, 0.3) is 0 Å². The van der Waals surface area contributed by atoms with Crippen LogP contribution in [-0.4, -0.2) is 32.3 Å². The van der Waals surface area contributed by atoms with Crippen molar-refractivity contribution in [1.29, 1.82) is 0 Å². The van der Waals surface area contributed by atoms with Crippen molar-refractivity contribution in [2.24, 2.45) is 7.05 Å². The molecule has 6 nitrogen and oxygen atoms in total. The van der Waals surface area contributed by atoms with E-state index in [0.717, 1.165) is 30.8 Å². The SMILES string of the molecule is CC(C)c1cc(C2CCCN2C(=O)c2ccn(C)n2)on1. The molecule has 1 amide bonds. The van der Waals surface area contributed by atoms with Gasteiger partial charge in [-0.05, 0) is 24.8 Å². The zero-order valence-electron chi connectivity index (χ0n) is 12.6. The van der Waals surface area contributed by atoms with Crippen LogP contribution >= 0.6 is 0 Å². The minimum Gasteiger partial charge on any atom is -0.359 e. The van der Waals surface area contributed by atoms with Gasteiger partial charge in [-0.25, -0.2) is 0 Å². The predicted octanol–water partition coefficient (Wildman–Crippen LogP) is 2.51. The third-order valence-corrected chi connectivity index (χ3v) is 3.91. The van der Waals surface area contributed by atoms with Crippen molar-refractivity contribution in [3.05, 3.63) is 35.5 Å². The number of likely N-dealkylation sites (tertiary alicyclic amines) is 1. The smallest absolute Gasteiger partial charge is 0.274 e. The number of nitrogens with zero attached hydrogens (tertiary/aromatic N) is 4. The third-order valence-electron chi connectivity index (χ3n) is 3.91. The van der Waals surface area contributed by atoms with Crippen molar-refractivity contribution >= 4 is 5.91 Å². The fourth-order valence-corrected chi connectivity index (χ4v) is 2.71. The molecular weight excluding hydrogens is 268 g/mol. The summed E-state index contributed by atoms with van der Waals surface area (Å²) < 4.78 is 7.10. The first-order chi connectivity index (χ1) is 10.1. The first-order valence-electron chi connectivity index (χ1n) is 7.33. The highest BCUT2D eigenvalue weighted by Crippen LogP contribution is 2.34. The molecule has 0 N–H and O–H groups in total. The Morgan fingerprint density at radius 3 is 2.90 bits per heavy atom. The van der Waals surface area contributed by atoms with E-state index in [0.29, 0.717) is 11.6 Å². The summed E-state index contributed by atoms with van der Waals surface area (Å²) >= 11 is 0. The lowest BCUT2D eigenvalue weighted by Gasteiger charge is -2.21. The molecule has 0 saturated carbocycles. The number of rotatable bonds is 3. The Balaban J connectivity index is 1.83. The van der Waals surface area contributed by atoms with Gasteiger partial charge in [-0.15, -0.1) is 0 Å². The molecule has 0 aromatic carbocycles. The molecule has 112 valence electrons. The van der Waals surface area contributed by atoms with E-state index in [4.69, 9.17) is 4.52 Å². The van der Waals surface area contributed by atoms with Gasteiger partial charge in [-0.3, -0.25) is 9.48 Å². The number of carbonyl (C=O) groups is 1. The lowest BCUT2D eigenvalue weighted by atomic mass is 10.1. The van der Waals surface area contributed by atoms with Crippen LogP contribution in [0.3, 0.4) is 0 Å². The molecule has 0 aliphatic carbocycles. The number of hydrogen-bond donors (Lipinski definition) is 0. The van der Waals surface area contributed by atoms with Crippen LogP contribution in [0, 0.1) is 0 Å². The summed E-state index contributed by atoms with van der Waals surface area (Å²) in [4.78, 5) is 14.4. The molecule has 1 unspecified atom stereocenters. The largest absolute Gasteiger partial charge is 0.359 e. The average molecular weight is 288 g/mol. The quantitative estimate of drug-likeness (QED) is 0.870. The van der Waals surface area contributed by atoms with Crippen molar-refractivity contribution in [2.45, 2.75) is 38.6 Å². The molecule has 1 aliphatic rings. The molecule has 0 spiro atoms. The lowest BCUT2D eigenvalue weighted by Crippen LogP contribution is -2.30. The predicted molar refractivity (Wildman–Crippen MR) is 76.8 cm³/mol. The summed E-state index contributed by atoms with van der Waals surface area (Å²) in [5, 5.41) is 8.29. The molecule has 0 radical (unpaired) electrons. The molecule has 1 fully saturated rings. The molecule has 1 aliphatic heterocycles. The Morgan fingerprint density at radius 2 is 2.29 bits per heavy atom. The molecule has 1 saturated heterocycles. The van der Waals surface area contributed by atoms with E-state index in [1.165, 1.54) is 0 Å². The van der Waals surface area contributed by atoms with Crippen molar-refractivity contribution in [1.82, 2.24) is 19.8 Å². The summed E-state index contributed by atoms with van der Waals surface area (Å²) in [5.74, 6) is 1.06. The number of amides is 1. The van der Waals surface area contributed by atoms with E-state index < -0.39 is 0 Å². The first kappa shape index (κ1) is 13.9. The molecule has 1 atom stereocenters. The van der Waals surface area contributed by atoms with Gasteiger partial charge in [0.15, 0.2) is 5.76 Å². The molecule has 0 bridgehead atoms. The molecular formula is C15H20N4O2. The van der Waals surface area contributed by atoms with Crippen LogP contribution in [0.2, 0.25) is 0 Å². The van der Waals surface area contributed by atoms with Gasteiger partial charge in [0.2, 0.25) is 0 Å².